The second kappa shape index (κ2) is 4.57. The minimum absolute atomic E-state index is 0. The Balaban J connectivity index is 0.000001000. The summed E-state index contributed by atoms with van der Waals surface area (Å²) in [6, 6.07) is 0.565. The van der Waals surface area contributed by atoms with Gasteiger partial charge in [0.1, 0.15) is 0 Å². The molecule has 0 aliphatic heterocycles. The lowest BCUT2D eigenvalue weighted by Crippen LogP contribution is -3.00. The van der Waals surface area contributed by atoms with Crippen LogP contribution < -0.4 is 23.0 Å². The molecule has 1 amide bonds. The molecular weight excluding hydrogens is 164 g/mol. The summed E-state index contributed by atoms with van der Waals surface area (Å²) in [6.07, 6.45) is 2.34. The van der Waals surface area contributed by atoms with E-state index in [-0.39, 0.29) is 24.4 Å². The lowest BCUT2D eigenvalue weighted by Gasteiger charge is -2.06. The quantitative estimate of drug-likeness (QED) is 0.453. The summed E-state index contributed by atoms with van der Waals surface area (Å²) in [5.74, 6) is 0.171. The Kier molecular flexibility index (Phi) is 4.45. The molecule has 1 aliphatic rings. The van der Waals surface area contributed by atoms with Gasteiger partial charge in [0, 0.05) is 6.04 Å². The van der Waals surface area contributed by atoms with Crippen LogP contribution in [0, 0.1) is 0 Å². The highest BCUT2D eigenvalue weighted by Crippen LogP contribution is 2.18. The molecule has 0 unspecified atom stereocenters. The van der Waals surface area contributed by atoms with Crippen LogP contribution in [0.15, 0.2) is 0 Å². The van der Waals surface area contributed by atoms with E-state index in [2.05, 4.69) is 5.32 Å². The predicted molar refractivity (Wildman–Crippen MR) is 38.5 cm³/mol. The van der Waals surface area contributed by atoms with Crippen molar-refractivity contribution in [2.75, 3.05) is 7.05 Å². The Morgan fingerprint density at radius 1 is 1.64 bits per heavy atom. The Labute approximate surface area is 73.3 Å². The molecule has 1 rings (SSSR count). The summed E-state index contributed by atoms with van der Waals surface area (Å²) in [5, 5.41) is 4.85. The van der Waals surface area contributed by atoms with Gasteiger partial charge in [-0.25, -0.2) is 0 Å². The number of nitrogens with two attached hydrogens (primary N) is 1. The van der Waals surface area contributed by atoms with E-state index in [4.69, 9.17) is 0 Å². The fourth-order valence-electron chi connectivity index (χ4n) is 0.712. The second-order valence-corrected chi connectivity index (χ2v) is 2.90. The lowest BCUT2D eigenvalue weighted by atomic mass is 10.3. The molecule has 1 atom stereocenters. The van der Waals surface area contributed by atoms with Gasteiger partial charge in [-0.2, -0.15) is 0 Å². The molecule has 0 aromatic heterocycles. The molecule has 1 aliphatic carbocycles. The number of likely N-dealkylation sites (N-methyl/N-ethyl adjacent to an activating group) is 1. The van der Waals surface area contributed by atoms with Crippen LogP contribution in [0.3, 0.4) is 0 Å². The van der Waals surface area contributed by atoms with Gasteiger partial charge in [-0.1, -0.05) is 0 Å². The maximum atomic E-state index is 11.1. The molecule has 0 bridgehead atoms. The first-order valence-corrected chi connectivity index (χ1v) is 3.84. The standard InChI is InChI=1S/C7H14N2O.ClH/c1-5(8-2)7(10)9-6-3-4-6;/h5-6,8H,3-4H2,1-2H3,(H,9,10);1H/t5-;/m0./s1. The highest BCUT2D eigenvalue weighted by molar-refractivity contribution is 5.80. The van der Waals surface area contributed by atoms with Gasteiger partial charge in [-0.05, 0) is 19.8 Å². The van der Waals surface area contributed by atoms with Crippen LogP contribution in [-0.4, -0.2) is 25.0 Å². The van der Waals surface area contributed by atoms with Gasteiger partial charge in [-0.3, -0.25) is 4.79 Å². The highest BCUT2D eigenvalue weighted by atomic mass is 35.5. The molecule has 1 fully saturated rings. The number of carbonyl (C=O) groups is 1. The van der Waals surface area contributed by atoms with Gasteiger partial charge >= 0.3 is 0 Å². The van der Waals surface area contributed by atoms with E-state index in [0.717, 1.165) is 0 Å². The molecule has 4 heteroatoms. The fourth-order valence-corrected chi connectivity index (χ4v) is 0.712. The number of amides is 1. The van der Waals surface area contributed by atoms with Crippen LogP contribution in [0.4, 0.5) is 0 Å². The van der Waals surface area contributed by atoms with Crippen LogP contribution in [-0.2, 0) is 4.79 Å². The van der Waals surface area contributed by atoms with E-state index >= 15 is 0 Å². The van der Waals surface area contributed by atoms with Crippen LogP contribution in [0.25, 0.3) is 0 Å². The summed E-state index contributed by atoms with van der Waals surface area (Å²) >= 11 is 0. The summed E-state index contributed by atoms with van der Waals surface area (Å²) in [4.78, 5) is 11.1. The first-order chi connectivity index (χ1) is 4.74. The lowest BCUT2D eigenvalue weighted by molar-refractivity contribution is -0.646. The monoisotopic (exact) mass is 178 g/mol. The van der Waals surface area contributed by atoms with Crippen LogP contribution >= 0.6 is 0 Å². The Morgan fingerprint density at radius 2 is 2.18 bits per heavy atom. The van der Waals surface area contributed by atoms with Crippen molar-refractivity contribution in [3.05, 3.63) is 0 Å². The van der Waals surface area contributed by atoms with Crippen molar-refractivity contribution >= 4 is 5.91 Å². The number of nitrogens with one attached hydrogen (secondary N) is 1. The van der Waals surface area contributed by atoms with Gasteiger partial charge in [0.05, 0.1) is 7.05 Å². The van der Waals surface area contributed by atoms with E-state index in [9.17, 15) is 4.79 Å². The van der Waals surface area contributed by atoms with Crippen molar-refractivity contribution < 1.29 is 22.5 Å². The summed E-state index contributed by atoms with van der Waals surface area (Å²) in [6.45, 7) is 1.91. The molecule has 3 nitrogen and oxygen atoms in total. The largest absolute Gasteiger partial charge is 1.00 e. The minimum Gasteiger partial charge on any atom is -1.00 e. The van der Waals surface area contributed by atoms with Crippen LogP contribution in [0.1, 0.15) is 19.8 Å². The van der Waals surface area contributed by atoms with Gasteiger partial charge < -0.3 is 23.0 Å². The molecule has 0 saturated heterocycles. The summed E-state index contributed by atoms with van der Waals surface area (Å²) < 4.78 is 0. The normalized spacial score (nSPS) is 18.4. The maximum Gasteiger partial charge on any atom is 0.278 e. The Bertz CT molecular complexity index is 136. The van der Waals surface area contributed by atoms with Gasteiger partial charge in [-0.15, -0.1) is 0 Å². The smallest absolute Gasteiger partial charge is 0.278 e. The van der Waals surface area contributed by atoms with Crippen LogP contribution in [0.5, 0.6) is 0 Å². The third-order valence-electron chi connectivity index (χ3n) is 1.84. The average molecular weight is 179 g/mol. The van der Waals surface area contributed by atoms with Gasteiger partial charge in [0.15, 0.2) is 6.04 Å². The molecule has 11 heavy (non-hydrogen) atoms. The van der Waals surface area contributed by atoms with E-state index in [1.165, 1.54) is 12.8 Å². The SMILES string of the molecule is C[NH2+][C@@H](C)C(=O)NC1CC1.[Cl-]. The molecule has 0 heterocycles. The van der Waals surface area contributed by atoms with E-state index in [1.807, 2.05) is 19.3 Å². The summed E-state index contributed by atoms with van der Waals surface area (Å²) in [7, 11) is 1.91. The van der Waals surface area contributed by atoms with Crippen molar-refractivity contribution in [1.82, 2.24) is 5.32 Å². The van der Waals surface area contributed by atoms with Crippen molar-refractivity contribution in [2.24, 2.45) is 0 Å². The molecule has 3 N–H and O–H groups in total. The van der Waals surface area contributed by atoms with Gasteiger partial charge in [0.2, 0.25) is 0 Å². The van der Waals surface area contributed by atoms with E-state index in [0.29, 0.717) is 6.04 Å². The predicted octanol–water partition coefficient (Wildman–Crippen LogP) is -4.15. The molecule has 66 valence electrons. The van der Waals surface area contributed by atoms with Crippen molar-refractivity contribution in [1.29, 1.82) is 0 Å². The number of carbonyl (C=O) groups excluding carboxylic acids is 1. The van der Waals surface area contributed by atoms with Crippen molar-refractivity contribution in [3.63, 3.8) is 0 Å². The minimum atomic E-state index is 0. The first-order valence-electron chi connectivity index (χ1n) is 3.84. The number of rotatable bonds is 3. The second-order valence-electron chi connectivity index (χ2n) is 2.90. The molecule has 0 aromatic carbocycles. The topological polar surface area (TPSA) is 45.7 Å². The van der Waals surface area contributed by atoms with E-state index < -0.39 is 0 Å². The molecule has 0 aromatic rings. The van der Waals surface area contributed by atoms with E-state index in [1.54, 1.807) is 0 Å². The zero-order valence-electron chi connectivity index (χ0n) is 6.93. The molecule has 1 saturated carbocycles. The van der Waals surface area contributed by atoms with Gasteiger partial charge in [0.25, 0.3) is 5.91 Å². The van der Waals surface area contributed by atoms with Crippen molar-refractivity contribution in [2.45, 2.75) is 31.8 Å². The number of hydrogen-bond acceptors (Lipinski definition) is 1. The maximum absolute atomic E-state index is 11.1. The zero-order chi connectivity index (χ0) is 7.56. The molecule has 0 radical (unpaired) electrons. The zero-order valence-corrected chi connectivity index (χ0v) is 7.69. The highest BCUT2D eigenvalue weighted by Gasteiger charge is 2.25. The molecule has 0 spiro atoms. The number of quaternary nitrogens is 1. The average Bonchev–Trinajstić information content (AvgIpc) is 2.70. The molecular formula is C7H15ClN2O. The Morgan fingerprint density at radius 3 is 2.55 bits per heavy atom. The Hall–Kier alpha value is -0.280. The third kappa shape index (κ3) is 3.58. The van der Waals surface area contributed by atoms with Crippen LogP contribution in [0.2, 0.25) is 0 Å². The fraction of sp³-hybridized carbons (Fsp3) is 0.857. The number of halogens is 1. The number of hydrogen-bond donors (Lipinski definition) is 2. The first kappa shape index (κ1) is 10.7. The third-order valence-corrected chi connectivity index (χ3v) is 1.84. The van der Waals surface area contributed by atoms with Crippen molar-refractivity contribution in [3.8, 4) is 0 Å². The summed E-state index contributed by atoms with van der Waals surface area (Å²) in [5.41, 5.74) is 0.